The number of aromatic nitrogens is 1. The number of hydrogen-bond acceptors (Lipinski definition) is 4. The molecule has 122 valence electrons. The number of halogens is 1. The van der Waals surface area contributed by atoms with Crippen LogP contribution in [0.4, 0.5) is 0 Å². The first-order chi connectivity index (χ1) is 10.2. The molecule has 0 bridgehead atoms. The van der Waals surface area contributed by atoms with E-state index in [1.807, 2.05) is 26.0 Å². The second-order valence-electron chi connectivity index (χ2n) is 4.81. The first kappa shape index (κ1) is 18.5. The molecule has 0 saturated heterocycles. The van der Waals surface area contributed by atoms with Gasteiger partial charge in [-0.15, -0.1) is 24.0 Å². The molecule has 2 aromatic rings. The third-order valence-electron chi connectivity index (χ3n) is 3.32. The van der Waals surface area contributed by atoms with Crippen molar-refractivity contribution in [2.24, 2.45) is 4.99 Å². The molecule has 0 aliphatic heterocycles. The first-order valence-electron chi connectivity index (χ1n) is 7.09. The molecule has 2 N–H and O–H groups in total. The highest BCUT2D eigenvalue weighted by Gasteiger charge is 2.08. The van der Waals surface area contributed by atoms with E-state index in [1.54, 1.807) is 13.3 Å². The molecule has 0 aliphatic carbocycles. The van der Waals surface area contributed by atoms with E-state index in [0.29, 0.717) is 0 Å². The van der Waals surface area contributed by atoms with E-state index in [0.717, 1.165) is 54.7 Å². The molecule has 0 radical (unpaired) electrons. The number of hydrogen-bond donors (Lipinski definition) is 2. The Morgan fingerprint density at radius 2 is 1.95 bits per heavy atom. The predicted octanol–water partition coefficient (Wildman–Crippen LogP) is 2.45. The van der Waals surface area contributed by atoms with Crippen LogP contribution in [0.5, 0.6) is 0 Å². The van der Waals surface area contributed by atoms with E-state index in [-0.39, 0.29) is 24.0 Å². The number of furan rings is 1. The smallest absolute Gasteiger partial charge is 0.191 e. The molecule has 7 heteroatoms. The number of guanidine groups is 1. The van der Waals surface area contributed by atoms with E-state index in [1.165, 1.54) is 0 Å². The molecule has 0 unspecified atom stereocenters. The Balaban J connectivity index is 0.00000242. The summed E-state index contributed by atoms with van der Waals surface area (Å²) in [6.07, 6.45) is 3.38. The van der Waals surface area contributed by atoms with Crippen molar-refractivity contribution in [3.63, 3.8) is 0 Å². The SMILES string of the molecule is CN=C(NCCc1ccco1)NCCc1c(C)noc1C.I. The van der Waals surface area contributed by atoms with Crippen molar-refractivity contribution in [1.82, 2.24) is 15.8 Å². The lowest BCUT2D eigenvalue weighted by Crippen LogP contribution is -2.39. The fraction of sp³-hybridized carbons (Fsp3) is 0.467. The highest BCUT2D eigenvalue weighted by Crippen LogP contribution is 2.11. The lowest BCUT2D eigenvalue weighted by atomic mass is 10.1. The van der Waals surface area contributed by atoms with Crippen LogP contribution in [0.25, 0.3) is 0 Å². The van der Waals surface area contributed by atoms with Crippen molar-refractivity contribution in [1.29, 1.82) is 0 Å². The third-order valence-corrected chi connectivity index (χ3v) is 3.32. The van der Waals surface area contributed by atoms with E-state index in [9.17, 15) is 0 Å². The van der Waals surface area contributed by atoms with Gasteiger partial charge in [0.25, 0.3) is 0 Å². The number of aliphatic imine (C=N–C) groups is 1. The molecule has 2 heterocycles. The van der Waals surface area contributed by atoms with E-state index in [4.69, 9.17) is 8.94 Å². The minimum Gasteiger partial charge on any atom is -0.469 e. The summed E-state index contributed by atoms with van der Waals surface area (Å²) in [5.74, 6) is 2.64. The van der Waals surface area contributed by atoms with Crippen molar-refractivity contribution in [3.8, 4) is 0 Å². The monoisotopic (exact) mass is 418 g/mol. The Morgan fingerprint density at radius 3 is 2.50 bits per heavy atom. The van der Waals surface area contributed by atoms with Crippen LogP contribution in [0, 0.1) is 13.8 Å². The number of nitrogens with zero attached hydrogens (tertiary/aromatic N) is 2. The highest BCUT2D eigenvalue weighted by atomic mass is 127. The van der Waals surface area contributed by atoms with Gasteiger partial charge < -0.3 is 19.6 Å². The van der Waals surface area contributed by atoms with Gasteiger partial charge in [0, 0.05) is 32.1 Å². The van der Waals surface area contributed by atoms with Crippen LogP contribution < -0.4 is 10.6 Å². The van der Waals surface area contributed by atoms with E-state index >= 15 is 0 Å². The van der Waals surface area contributed by atoms with Crippen LogP contribution in [0.3, 0.4) is 0 Å². The van der Waals surface area contributed by atoms with E-state index < -0.39 is 0 Å². The maximum atomic E-state index is 5.29. The number of aryl methyl sites for hydroxylation is 2. The summed E-state index contributed by atoms with van der Waals surface area (Å²) in [6, 6.07) is 3.86. The molecule has 2 aromatic heterocycles. The fourth-order valence-corrected chi connectivity index (χ4v) is 2.14. The summed E-state index contributed by atoms with van der Waals surface area (Å²) < 4.78 is 10.4. The molecule has 22 heavy (non-hydrogen) atoms. The first-order valence-corrected chi connectivity index (χ1v) is 7.09. The Bertz CT molecular complexity index is 559. The minimum absolute atomic E-state index is 0. The molecule has 0 aliphatic rings. The van der Waals surface area contributed by atoms with Gasteiger partial charge in [-0.25, -0.2) is 0 Å². The zero-order valence-corrected chi connectivity index (χ0v) is 15.5. The maximum Gasteiger partial charge on any atom is 0.191 e. The number of rotatable bonds is 6. The quantitative estimate of drug-likeness (QED) is 0.428. The average Bonchev–Trinajstić information content (AvgIpc) is 3.10. The highest BCUT2D eigenvalue weighted by molar-refractivity contribution is 14.0. The van der Waals surface area contributed by atoms with Crippen molar-refractivity contribution < 1.29 is 8.94 Å². The van der Waals surface area contributed by atoms with Crippen LogP contribution in [0.15, 0.2) is 32.3 Å². The Morgan fingerprint density at radius 1 is 1.23 bits per heavy atom. The van der Waals surface area contributed by atoms with Gasteiger partial charge in [0.1, 0.15) is 11.5 Å². The topological polar surface area (TPSA) is 75.6 Å². The zero-order chi connectivity index (χ0) is 15.1. The van der Waals surface area contributed by atoms with Crippen molar-refractivity contribution >= 4 is 29.9 Å². The minimum atomic E-state index is 0. The molecular weight excluding hydrogens is 395 g/mol. The summed E-state index contributed by atoms with van der Waals surface area (Å²) in [5, 5.41) is 10.5. The van der Waals surface area contributed by atoms with Gasteiger partial charge in [0.05, 0.1) is 12.0 Å². The fourth-order valence-electron chi connectivity index (χ4n) is 2.14. The molecule has 0 spiro atoms. The maximum absolute atomic E-state index is 5.29. The van der Waals surface area contributed by atoms with Crippen LogP contribution in [0.2, 0.25) is 0 Å². The molecule has 0 saturated carbocycles. The summed E-state index contributed by atoms with van der Waals surface area (Å²) in [5.41, 5.74) is 2.11. The molecule has 0 aromatic carbocycles. The van der Waals surface area contributed by atoms with Crippen molar-refractivity contribution in [2.75, 3.05) is 20.1 Å². The standard InChI is InChI=1S/C15H22N4O2.HI/c1-11-14(12(2)21-19-11)7-9-18-15(16-3)17-8-6-13-5-4-10-20-13;/h4-5,10H,6-9H2,1-3H3,(H2,16,17,18);1H. The van der Waals surface area contributed by atoms with Gasteiger partial charge >= 0.3 is 0 Å². The van der Waals surface area contributed by atoms with Crippen LogP contribution in [-0.2, 0) is 12.8 Å². The van der Waals surface area contributed by atoms with Gasteiger partial charge in [-0.2, -0.15) is 0 Å². The van der Waals surface area contributed by atoms with Crippen molar-refractivity contribution in [2.45, 2.75) is 26.7 Å². The second-order valence-corrected chi connectivity index (χ2v) is 4.81. The van der Waals surface area contributed by atoms with Gasteiger partial charge in [-0.3, -0.25) is 4.99 Å². The van der Waals surface area contributed by atoms with E-state index in [2.05, 4.69) is 20.8 Å². The van der Waals surface area contributed by atoms with Gasteiger partial charge in [-0.05, 0) is 32.4 Å². The molecule has 0 amide bonds. The molecule has 2 rings (SSSR count). The lowest BCUT2D eigenvalue weighted by molar-refractivity contribution is 0.392. The Kier molecular flexibility index (Phi) is 8.00. The molecule has 6 nitrogen and oxygen atoms in total. The Hall–Kier alpha value is -1.51. The third kappa shape index (κ3) is 5.36. The molecule has 0 fully saturated rings. The van der Waals surface area contributed by atoms with Crippen LogP contribution >= 0.6 is 24.0 Å². The van der Waals surface area contributed by atoms with Gasteiger partial charge in [-0.1, -0.05) is 5.16 Å². The van der Waals surface area contributed by atoms with Crippen LogP contribution in [-0.4, -0.2) is 31.3 Å². The van der Waals surface area contributed by atoms with Crippen molar-refractivity contribution in [3.05, 3.63) is 41.2 Å². The predicted molar refractivity (Wildman–Crippen MR) is 96.9 cm³/mol. The summed E-state index contributed by atoms with van der Waals surface area (Å²) in [7, 11) is 1.76. The molecule has 0 atom stereocenters. The average molecular weight is 418 g/mol. The summed E-state index contributed by atoms with van der Waals surface area (Å²) in [4.78, 5) is 4.20. The lowest BCUT2D eigenvalue weighted by Gasteiger charge is -2.11. The molecular formula is C15H23IN4O2. The number of nitrogens with one attached hydrogen (secondary N) is 2. The zero-order valence-electron chi connectivity index (χ0n) is 13.2. The second kappa shape index (κ2) is 9.50. The van der Waals surface area contributed by atoms with Gasteiger partial charge in [0.15, 0.2) is 5.96 Å². The normalized spacial score (nSPS) is 11.1. The Labute approximate surface area is 147 Å². The summed E-state index contributed by atoms with van der Waals surface area (Å²) >= 11 is 0. The summed E-state index contributed by atoms with van der Waals surface area (Å²) in [6.45, 7) is 5.45. The largest absolute Gasteiger partial charge is 0.469 e. The van der Waals surface area contributed by atoms with Crippen LogP contribution in [0.1, 0.15) is 22.8 Å². The van der Waals surface area contributed by atoms with Gasteiger partial charge in [0.2, 0.25) is 0 Å².